The van der Waals surface area contributed by atoms with Crippen molar-refractivity contribution in [1.82, 2.24) is 20.3 Å². The van der Waals surface area contributed by atoms with E-state index >= 15 is 0 Å². The van der Waals surface area contributed by atoms with Gasteiger partial charge < -0.3 is 15.5 Å². The van der Waals surface area contributed by atoms with Gasteiger partial charge in [-0.05, 0) is 55.0 Å². The van der Waals surface area contributed by atoms with Gasteiger partial charge in [-0.1, -0.05) is 104 Å². The lowest BCUT2D eigenvalue weighted by Crippen LogP contribution is -2.61. The number of sulfonamides is 1. The lowest BCUT2D eigenvalue weighted by molar-refractivity contribution is -0.141. The second kappa shape index (κ2) is 15.5. The van der Waals surface area contributed by atoms with E-state index in [9.17, 15) is 22.8 Å². The van der Waals surface area contributed by atoms with Gasteiger partial charge in [0, 0.05) is 12.6 Å². The van der Waals surface area contributed by atoms with Gasteiger partial charge in [-0.3, -0.25) is 14.4 Å². The topological polar surface area (TPSA) is 125 Å². The van der Waals surface area contributed by atoms with Crippen molar-refractivity contribution in [2.24, 2.45) is 22.7 Å². The molecule has 1 saturated carbocycles. The predicted molar refractivity (Wildman–Crippen MR) is 177 cm³/mol. The van der Waals surface area contributed by atoms with Crippen molar-refractivity contribution in [3.05, 3.63) is 47.5 Å². The smallest absolute Gasteiger partial charge is 0.260 e. The Balaban J connectivity index is 2.26. The third kappa shape index (κ3) is 10.2. The molecule has 10 heteroatoms. The van der Waals surface area contributed by atoms with Gasteiger partial charge in [0.1, 0.15) is 6.04 Å². The third-order valence-electron chi connectivity index (χ3n) is 9.06. The van der Waals surface area contributed by atoms with Gasteiger partial charge in [0.15, 0.2) is 0 Å². The Hall–Kier alpha value is -2.72. The molecular formula is C34H56N4O5S. The van der Waals surface area contributed by atoms with E-state index in [4.69, 9.17) is 0 Å². The minimum atomic E-state index is -3.92. The van der Waals surface area contributed by atoms with E-state index < -0.39 is 39.5 Å². The number of benzene rings is 1. The van der Waals surface area contributed by atoms with Crippen molar-refractivity contribution in [1.29, 1.82) is 0 Å². The van der Waals surface area contributed by atoms with Gasteiger partial charge in [0.25, 0.3) is 5.91 Å². The maximum Gasteiger partial charge on any atom is 0.260 e. The minimum Gasteiger partial charge on any atom is -0.342 e. The molecule has 248 valence electrons. The van der Waals surface area contributed by atoms with Crippen molar-refractivity contribution in [3.63, 3.8) is 0 Å². The molecule has 0 unspecified atom stereocenters. The Morgan fingerprint density at radius 1 is 0.977 bits per heavy atom. The van der Waals surface area contributed by atoms with E-state index in [1.807, 2.05) is 34.6 Å². The summed E-state index contributed by atoms with van der Waals surface area (Å²) in [5.74, 6) is -1.24. The van der Waals surface area contributed by atoms with Crippen LogP contribution in [0.5, 0.6) is 0 Å². The number of carbonyl (C=O) groups is 3. The van der Waals surface area contributed by atoms with Crippen LogP contribution in [0.2, 0.25) is 0 Å². The first kappa shape index (κ1) is 37.5. The fourth-order valence-electron chi connectivity index (χ4n) is 6.28. The highest BCUT2D eigenvalue weighted by atomic mass is 32.2. The summed E-state index contributed by atoms with van der Waals surface area (Å²) in [5.41, 5.74) is -0.152. The first-order chi connectivity index (χ1) is 20.3. The van der Waals surface area contributed by atoms with Gasteiger partial charge in [-0.25, -0.2) is 13.1 Å². The predicted octanol–water partition coefficient (Wildman–Crippen LogP) is 4.79. The number of nitrogens with zero attached hydrogens (tertiary/aromatic N) is 1. The summed E-state index contributed by atoms with van der Waals surface area (Å²) in [4.78, 5) is 42.4. The average Bonchev–Trinajstić information content (AvgIpc) is 2.93. The van der Waals surface area contributed by atoms with Crippen LogP contribution in [-0.4, -0.2) is 63.3 Å². The minimum absolute atomic E-state index is 0.0979. The Kier molecular flexibility index (Phi) is 13.2. The van der Waals surface area contributed by atoms with Gasteiger partial charge in [0.2, 0.25) is 21.8 Å². The molecule has 3 atom stereocenters. The molecule has 0 aliphatic heterocycles. The second-order valence-corrected chi connectivity index (χ2v) is 16.1. The van der Waals surface area contributed by atoms with Crippen molar-refractivity contribution < 1.29 is 22.8 Å². The zero-order valence-electron chi connectivity index (χ0n) is 28.5. The van der Waals surface area contributed by atoms with Crippen LogP contribution >= 0.6 is 0 Å². The summed E-state index contributed by atoms with van der Waals surface area (Å²) >= 11 is 0. The van der Waals surface area contributed by atoms with Gasteiger partial charge >= 0.3 is 0 Å². The molecule has 0 bridgehead atoms. The Labute approximate surface area is 266 Å². The molecule has 0 aromatic heterocycles. The zero-order chi connectivity index (χ0) is 33.5. The molecule has 0 spiro atoms. The molecular weight excluding hydrogens is 576 g/mol. The number of hydrogen-bond acceptors (Lipinski definition) is 6. The van der Waals surface area contributed by atoms with Gasteiger partial charge in [-0.15, -0.1) is 0 Å². The van der Waals surface area contributed by atoms with E-state index in [1.165, 1.54) is 26.2 Å². The average molecular weight is 633 g/mol. The van der Waals surface area contributed by atoms with Crippen LogP contribution in [0.25, 0.3) is 0 Å². The highest BCUT2D eigenvalue weighted by molar-refractivity contribution is 7.89. The highest BCUT2D eigenvalue weighted by Crippen LogP contribution is 2.41. The van der Waals surface area contributed by atoms with E-state index in [0.717, 1.165) is 12.8 Å². The van der Waals surface area contributed by atoms with Crippen molar-refractivity contribution in [2.45, 2.75) is 111 Å². The van der Waals surface area contributed by atoms with Crippen LogP contribution in [0.3, 0.4) is 0 Å². The normalized spacial score (nSPS) is 17.5. The molecule has 9 nitrogen and oxygen atoms in total. The second-order valence-electron chi connectivity index (χ2n) is 14.4. The van der Waals surface area contributed by atoms with Gasteiger partial charge in [0.05, 0.1) is 17.8 Å². The number of nitrogens with one attached hydrogen (secondary N) is 3. The molecule has 0 saturated heterocycles. The molecule has 44 heavy (non-hydrogen) atoms. The van der Waals surface area contributed by atoms with Gasteiger partial charge in [-0.2, -0.15) is 0 Å². The first-order valence-electron chi connectivity index (χ1n) is 15.8. The Morgan fingerprint density at radius 2 is 1.55 bits per heavy atom. The maximum atomic E-state index is 14.1. The Morgan fingerprint density at radius 3 is 2.05 bits per heavy atom. The fourth-order valence-corrected chi connectivity index (χ4v) is 7.43. The standard InChI is InChI=1S/C34H56N4O5S/c1-23(2)27(21-24(3)30(39)37-44(42,43)22-25-17-13-11-14-18-25)38(10)32(41)29(33(4,5)6)36-31(40)28(35-9)34(7,8)26-19-15-12-16-20-26/h11,13-14,17-18,21,23,26-29,35H,12,15-16,19-20,22H2,1-10H3,(H,36,40)(H,37,39)/b24-21+/t27-,28-,29-/m1/s1. The Bertz CT molecular complexity index is 1260. The summed E-state index contributed by atoms with van der Waals surface area (Å²) in [5, 5.41) is 6.32. The van der Waals surface area contributed by atoms with Crippen LogP contribution in [0.4, 0.5) is 0 Å². The number of amides is 3. The van der Waals surface area contributed by atoms with Crippen LogP contribution in [0.15, 0.2) is 42.0 Å². The van der Waals surface area contributed by atoms with Crippen LogP contribution in [0.1, 0.15) is 93.1 Å². The van der Waals surface area contributed by atoms with Crippen molar-refractivity contribution in [3.8, 4) is 0 Å². The summed E-state index contributed by atoms with van der Waals surface area (Å²) < 4.78 is 27.5. The molecule has 1 aromatic rings. The number of hydrogen-bond donors (Lipinski definition) is 3. The number of likely N-dealkylation sites (N-methyl/N-ethyl adjacent to an activating group) is 2. The number of carbonyl (C=O) groups excluding carboxylic acids is 3. The van der Waals surface area contributed by atoms with E-state index in [-0.39, 0.29) is 34.5 Å². The lowest BCUT2D eigenvalue weighted by atomic mass is 9.66. The van der Waals surface area contributed by atoms with Crippen LogP contribution in [0, 0.1) is 22.7 Å². The third-order valence-corrected chi connectivity index (χ3v) is 10.3. The maximum absolute atomic E-state index is 14.1. The van der Waals surface area contributed by atoms with Crippen LogP contribution < -0.4 is 15.4 Å². The van der Waals surface area contributed by atoms with Crippen LogP contribution in [-0.2, 0) is 30.2 Å². The molecule has 1 aliphatic carbocycles. The molecule has 1 aliphatic rings. The summed E-state index contributed by atoms with van der Waals surface area (Å²) in [6, 6.07) is 6.81. The highest BCUT2D eigenvalue weighted by Gasteiger charge is 2.44. The first-order valence-corrected chi connectivity index (χ1v) is 17.5. The lowest BCUT2D eigenvalue weighted by Gasteiger charge is -2.43. The molecule has 0 radical (unpaired) electrons. The number of rotatable bonds is 13. The molecule has 1 aromatic carbocycles. The fraction of sp³-hybridized carbons (Fsp3) is 0.676. The summed E-state index contributed by atoms with van der Waals surface area (Å²) in [6.45, 7) is 15.4. The summed E-state index contributed by atoms with van der Waals surface area (Å²) in [6.07, 6.45) is 7.37. The SMILES string of the molecule is CN[C@H](C(=O)N[C@H](C(=O)N(C)[C@H](/C=C(\C)C(=O)NS(=O)(=O)Cc1ccccc1)C(C)C)C(C)(C)C)C(C)(C)C1CCCCC1. The molecule has 0 heterocycles. The molecule has 2 rings (SSSR count). The van der Waals surface area contributed by atoms with E-state index in [0.29, 0.717) is 11.5 Å². The van der Waals surface area contributed by atoms with Crippen molar-refractivity contribution in [2.75, 3.05) is 14.1 Å². The monoisotopic (exact) mass is 632 g/mol. The van der Waals surface area contributed by atoms with Crippen molar-refractivity contribution >= 4 is 27.7 Å². The zero-order valence-corrected chi connectivity index (χ0v) is 29.3. The summed E-state index contributed by atoms with van der Waals surface area (Å²) in [7, 11) is -0.469. The largest absolute Gasteiger partial charge is 0.342 e. The quantitative estimate of drug-likeness (QED) is 0.269. The molecule has 1 fully saturated rings. The molecule has 3 N–H and O–H groups in total. The molecule has 3 amide bonds. The van der Waals surface area contributed by atoms with E-state index in [1.54, 1.807) is 55.4 Å². The van der Waals surface area contributed by atoms with E-state index in [2.05, 4.69) is 29.2 Å².